The van der Waals surface area contributed by atoms with E-state index in [1.54, 1.807) is 11.1 Å². The first-order valence-corrected chi connectivity index (χ1v) is 32.6. The number of fused-ring (bicyclic) bond motifs is 14. The van der Waals surface area contributed by atoms with E-state index in [1.165, 1.54) is 64.2 Å². The largest absolute Gasteiger partial charge is 0.446 e. The number of unbranched alkanes of at least 4 members (excludes halogenated alkanes) is 4. The molecule has 432 valence electrons. The van der Waals surface area contributed by atoms with Crippen molar-refractivity contribution in [2.75, 3.05) is 39.4 Å². The summed E-state index contributed by atoms with van der Waals surface area (Å²) in [6.07, 6.45) is 32.0. The predicted molar refractivity (Wildman–Crippen MR) is 301 cm³/mol. The molecule has 12 rings (SSSR count). The van der Waals surface area contributed by atoms with Gasteiger partial charge >= 0.3 is 12.2 Å². The maximum Gasteiger partial charge on any atom is 0.407 e. The van der Waals surface area contributed by atoms with Crippen LogP contribution in [0, 0.1) is 92.7 Å². The number of carbonyl (C=O) groups is 2. The minimum Gasteiger partial charge on any atom is -0.446 e. The second kappa shape index (κ2) is 21.5. The molecule has 11 nitrogen and oxygen atoms in total. The summed E-state index contributed by atoms with van der Waals surface area (Å²) < 4.78 is 39.3. The molecule has 0 radical (unpaired) electrons. The van der Waals surface area contributed by atoms with Crippen LogP contribution < -0.4 is 16.0 Å². The summed E-state index contributed by atoms with van der Waals surface area (Å²) >= 11 is 0. The van der Waals surface area contributed by atoms with Crippen molar-refractivity contribution in [1.29, 1.82) is 0 Å². The molecule has 2 amide bonds. The van der Waals surface area contributed by atoms with Crippen LogP contribution in [0.5, 0.6) is 0 Å². The maximum atomic E-state index is 13.0. The second-order valence-electron chi connectivity index (χ2n) is 29.8. The molecule has 0 bridgehead atoms. The molecule has 22 atom stereocenters. The predicted octanol–water partition coefficient (Wildman–Crippen LogP) is 13.8. The highest BCUT2D eigenvalue weighted by Crippen LogP contribution is 2.73. The van der Waals surface area contributed by atoms with E-state index in [0.29, 0.717) is 95.3 Å². The van der Waals surface area contributed by atoms with Gasteiger partial charge in [-0.2, -0.15) is 0 Å². The van der Waals surface area contributed by atoms with Crippen molar-refractivity contribution >= 4 is 12.2 Å². The quantitative estimate of drug-likeness (QED) is 0.115. The van der Waals surface area contributed by atoms with Gasteiger partial charge in [0.05, 0.1) is 25.4 Å². The monoisotopic (exact) mass is 1070 g/mol. The van der Waals surface area contributed by atoms with Crippen LogP contribution in [-0.4, -0.2) is 87.6 Å². The van der Waals surface area contributed by atoms with Crippen molar-refractivity contribution in [3.63, 3.8) is 0 Å². The van der Waals surface area contributed by atoms with E-state index in [0.717, 1.165) is 128 Å². The molecule has 0 aromatic carbocycles. The Labute approximate surface area is 465 Å². The SMILES string of the molecule is C[C@H]1CC[C@]2(OC1)O[C@H]1C[C@H]3[C@@H]4CC=C5C[C@@H](OC(=O)NCCCCCNCCCCCNC(=O)O[C@H]6CC[C@@]7(C)C(=CC[C@H]8[C@@H]9C[C@@H]%10O[C@@]%11(CC[C@H](C)CO%11)[C@@H](C)[C@@H]%10[C@@]9(C)CC[C@@H]87)C6)CC[C@]5(C)[C@H]4CC[C@]3(C)[C@H]1[C@@H]2C. The Hall–Kier alpha value is -2.18. The third-order valence-electron chi connectivity index (χ3n) is 25.8. The fourth-order valence-corrected chi connectivity index (χ4v) is 21.5. The summed E-state index contributed by atoms with van der Waals surface area (Å²) in [7, 11) is 0. The standard InChI is InChI=1S/C66H105N3O8/c1-41-19-29-65(72-39-41)43(3)57-55(76-65)37-53-49-17-15-45-35-47(21-25-61(45,5)51(49)23-27-63(53,57)7)74-59(70)68-33-13-9-11-31-67-32-12-10-14-34-69-60(71)75-48-22-26-62(6)46(36-48)16-18-50-52(62)24-28-64(8)54(50)38-56-58(64)44(4)66(77-56)30-20-42(2)40-73-66/h15-16,41-44,47-58,67H,9-14,17-40H2,1-8H3,(H,68,70)(H,69,71)/t41-,42-,43-,44-,47-,48-,49+,50+,51-,52-,53-,54-,55-,56-,57-,58-,61-,62-,63-,64-,65-,66-/m0/s1. The zero-order valence-electron chi connectivity index (χ0n) is 49.4. The van der Waals surface area contributed by atoms with Gasteiger partial charge in [0.1, 0.15) is 12.2 Å². The Balaban J connectivity index is 0.490. The first-order chi connectivity index (χ1) is 37.0. The normalized spacial score (nSPS) is 49.2. The van der Waals surface area contributed by atoms with Gasteiger partial charge in [0.2, 0.25) is 0 Å². The van der Waals surface area contributed by atoms with Gasteiger partial charge in [0, 0.05) is 50.6 Å². The highest BCUT2D eigenvalue weighted by molar-refractivity contribution is 5.67. The van der Waals surface area contributed by atoms with Crippen molar-refractivity contribution in [3.05, 3.63) is 23.3 Å². The summed E-state index contributed by atoms with van der Waals surface area (Å²) in [6.45, 7) is 24.8. The van der Waals surface area contributed by atoms with E-state index in [1.807, 2.05) is 0 Å². The molecule has 10 fully saturated rings. The molecule has 0 aromatic rings. The first-order valence-electron chi connectivity index (χ1n) is 32.6. The van der Waals surface area contributed by atoms with E-state index in [4.69, 9.17) is 28.4 Å². The van der Waals surface area contributed by atoms with Crippen LogP contribution in [-0.2, 0) is 28.4 Å². The molecule has 4 saturated heterocycles. The lowest BCUT2D eigenvalue weighted by Crippen LogP contribution is -2.52. The zero-order valence-corrected chi connectivity index (χ0v) is 49.4. The highest BCUT2D eigenvalue weighted by atomic mass is 16.7. The van der Waals surface area contributed by atoms with Gasteiger partial charge in [-0.15, -0.1) is 0 Å². The van der Waals surface area contributed by atoms with Crippen LogP contribution in [0.25, 0.3) is 0 Å². The Morgan fingerprint density at radius 1 is 0.532 bits per heavy atom. The lowest BCUT2D eigenvalue weighted by Gasteiger charge is -2.58. The maximum absolute atomic E-state index is 13.0. The average molecular weight is 1070 g/mol. The van der Waals surface area contributed by atoms with Gasteiger partial charge in [0.15, 0.2) is 11.6 Å². The number of amides is 2. The minimum absolute atomic E-state index is 0.0257. The van der Waals surface area contributed by atoms with E-state index >= 15 is 0 Å². The van der Waals surface area contributed by atoms with Crippen LogP contribution in [0.2, 0.25) is 0 Å². The third kappa shape index (κ3) is 9.73. The van der Waals surface area contributed by atoms with Gasteiger partial charge in [-0.25, -0.2) is 9.59 Å². The second-order valence-corrected chi connectivity index (χ2v) is 29.8. The molecular formula is C66H105N3O8. The molecule has 6 saturated carbocycles. The topological polar surface area (TPSA) is 126 Å². The molecule has 2 spiro atoms. The number of allylic oxidation sites excluding steroid dienone is 2. The molecule has 8 aliphatic carbocycles. The van der Waals surface area contributed by atoms with Crippen molar-refractivity contribution in [2.24, 2.45) is 92.7 Å². The number of rotatable bonds is 14. The fourth-order valence-electron chi connectivity index (χ4n) is 21.5. The van der Waals surface area contributed by atoms with Crippen molar-refractivity contribution in [3.8, 4) is 0 Å². The van der Waals surface area contributed by atoms with Gasteiger partial charge in [-0.05, 0) is 210 Å². The summed E-state index contributed by atoms with van der Waals surface area (Å²) in [5.41, 5.74) is 4.20. The highest BCUT2D eigenvalue weighted by Gasteiger charge is 2.71. The lowest BCUT2D eigenvalue weighted by atomic mass is 9.47. The van der Waals surface area contributed by atoms with E-state index in [-0.39, 0.29) is 46.8 Å². The van der Waals surface area contributed by atoms with Gasteiger partial charge < -0.3 is 44.4 Å². The van der Waals surface area contributed by atoms with Crippen LogP contribution in [0.1, 0.15) is 209 Å². The Kier molecular flexibility index (Phi) is 15.5. The van der Waals surface area contributed by atoms with Crippen LogP contribution in [0.15, 0.2) is 23.3 Å². The van der Waals surface area contributed by atoms with Crippen molar-refractivity contribution in [1.82, 2.24) is 16.0 Å². The summed E-state index contributed by atoms with van der Waals surface area (Å²) in [5.74, 6) is 7.00. The molecule has 12 aliphatic rings. The van der Waals surface area contributed by atoms with E-state index < -0.39 is 0 Å². The van der Waals surface area contributed by atoms with Gasteiger partial charge in [-0.1, -0.05) is 91.5 Å². The Morgan fingerprint density at radius 3 is 1.38 bits per heavy atom. The molecule has 77 heavy (non-hydrogen) atoms. The van der Waals surface area contributed by atoms with E-state index in [9.17, 15) is 9.59 Å². The summed E-state index contributed by atoms with van der Waals surface area (Å²) in [5, 5.41) is 9.73. The Bertz CT molecular complexity index is 2050. The molecule has 4 heterocycles. The number of carbonyl (C=O) groups excluding carboxylic acids is 2. The average Bonchev–Trinajstić information content (AvgIpc) is 4.30. The van der Waals surface area contributed by atoms with Crippen LogP contribution >= 0.6 is 0 Å². The molecule has 11 heteroatoms. The first kappa shape index (κ1) is 55.4. The molecule has 0 unspecified atom stereocenters. The molecule has 0 aromatic heterocycles. The van der Waals surface area contributed by atoms with E-state index in [2.05, 4.69) is 83.5 Å². The number of hydrogen-bond donors (Lipinski definition) is 3. The number of nitrogens with one attached hydrogen (secondary N) is 3. The number of ether oxygens (including phenoxy) is 6. The van der Waals surface area contributed by atoms with Gasteiger partial charge in [-0.3, -0.25) is 0 Å². The molecule has 4 aliphatic heterocycles. The summed E-state index contributed by atoms with van der Waals surface area (Å²) in [6, 6.07) is 0. The smallest absolute Gasteiger partial charge is 0.407 e. The zero-order chi connectivity index (χ0) is 53.5. The van der Waals surface area contributed by atoms with Crippen LogP contribution in [0.3, 0.4) is 0 Å². The molecule has 3 N–H and O–H groups in total. The van der Waals surface area contributed by atoms with Crippen molar-refractivity contribution in [2.45, 2.75) is 245 Å². The Morgan fingerprint density at radius 2 is 0.961 bits per heavy atom. The minimum atomic E-state index is -0.346. The fraction of sp³-hybridized carbons (Fsp3) is 0.909. The van der Waals surface area contributed by atoms with Gasteiger partial charge in [0.25, 0.3) is 0 Å². The van der Waals surface area contributed by atoms with Crippen LogP contribution in [0.4, 0.5) is 9.59 Å². The third-order valence-corrected chi connectivity index (χ3v) is 25.8. The number of alkyl carbamates (subject to hydrolysis) is 2. The lowest BCUT2D eigenvalue weighted by molar-refractivity contribution is -0.272. The molecular weight excluding hydrogens is 963 g/mol. The van der Waals surface area contributed by atoms with Crippen molar-refractivity contribution < 1.29 is 38.0 Å². The number of hydrogen-bond acceptors (Lipinski definition) is 9. The summed E-state index contributed by atoms with van der Waals surface area (Å²) in [4.78, 5) is 25.9.